The van der Waals surface area contributed by atoms with E-state index in [0.29, 0.717) is 6.42 Å². The molecule has 2 N–H and O–H groups in total. The van der Waals surface area contributed by atoms with Gasteiger partial charge in [-0.2, -0.15) is 0 Å². The van der Waals surface area contributed by atoms with Gasteiger partial charge in [-0.1, -0.05) is 19.8 Å². The number of hydrogen-bond acceptors (Lipinski definition) is 3. The molecule has 1 aliphatic carbocycles. The summed E-state index contributed by atoms with van der Waals surface area (Å²) >= 11 is 0. The van der Waals surface area contributed by atoms with Crippen LogP contribution in [0.4, 0.5) is 4.39 Å². The van der Waals surface area contributed by atoms with Gasteiger partial charge in [-0.05, 0) is 25.2 Å². The van der Waals surface area contributed by atoms with E-state index < -0.39 is 35.5 Å². The second kappa shape index (κ2) is 5.19. The number of unbranched alkanes of at least 4 members (excludes halogenated alkanes) is 1. The van der Waals surface area contributed by atoms with Crippen LogP contribution in [0.3, 0.4) is 0 Å². The maximum atomic E-state index is 13.9. The van der Waals surface area contributed by atoms with E-state index in [1.54, 1.807) is 0 Å². The average molecular weight is 271 g/mol. The summed E-state index contributed by atoms with van der Waals surface area (Å²) in [4.78, 5) is 24.2. The van der Waals surface area contributed by atoms with Crippen molar-refractivity contribution in [3.63, 3.8) is 0 Å². The molecular formula is C13H18FNO4. The van der Waals surface area contributed by atoms with Crippen molar-refractivity contribution in [3.8, 4) is 0 Å². The number of rotatable bonds is 6. The van der Waals surface area contributed by atoms with Crippen molar-refractivity contribution in [2.75, 3.05) is 0 Å². The predicted octanol–water partition coefficient (Wildman–Crippen LogP) is 1.99. The molecule has 0 radical (unpaired) electrons. The number of nitrogens with zero attached hydrogens (tertiary/aromatic N) is 1. The van der Waals surface area contributed by atoms with Crippen molar-refractivity contribution in [1.29, 1.82) is 0 Å². The SMILES string of the molecule is CCCCC(C(=O)O)N1C(=O)C(O)=C(F)C1C1CC1. The number of aliphatic hydroxyl groups is 1. The lowest BCUT2D eigenvalue weighted by Crippen LogP contribution is -2.48. The third-order valence-corrected chi connectivity index (χ3v) is 3.74. The summed E-state index contributed by atoms with van der Waals surface area (Å²) < 4.78 is 13.9. The molecule has 2 unspecified atom stereocenters. The minimum absolute atomic E-state index is 0.0583. The first-order valence-corrected chi connectivity index (χ1v) is 6.63. The van der Waals surface area contributed by atoms with E-state index in [4.69, 9.17) is 0 Å². The Morgan fingerprint density at radius 1 is 1.53 bits per heavy atom. The van der Waals surface area contributed by atoms with E-state index in [1.807, 2.05) is 6.92 Å². The average Bonchev–Trinajstić information content (AvgIpc) is 3.16. The number of halogens is 1. The minimum Gasteiger partial charge on any atom is -0.501 e. The number of hydrogen-bond donors (Lipinski definition) is 2. The van der Waals surface area contributed by atoms with E-state index in [1.165, 1.54) is 0 Å². The first-order valence-electron chi connectivity index (χ1n) is 6.63. The molecule has 2 aliphatic rings. The Balaban J connectivity index is 2.25. The van der Waals surface area contributed by atoms with Gasteiger partial charge in [-0.3, -0.25) is 4.79 Å². The van der Waals surface area contributed by atoms with Crippen LogP contribution in [0.2, 0.25) is 0 Å². The quantitative estimate of drug-likeness (QED) is 0.774. The number of carboxylic acids is 1. The molecule has 106 valence electrons. The normalized spacial score (nSPS) is 25.1. The smallest absolute Gasteiger partial charge is 0.326 e. The number of carbonyl (C=O) groups is 2. The van der Waals surface area contributed by atoms with E-state index >= 15 is 0 Å². The van der Waals surface area contributed by atoms with Crippen LogP contribution >= 0.6 is 0 Å². The van der Waals surface area contributed by atoms with Gasteiger partial charge in [0.2, 0.25) is 5.76 Å². The monoisotopic (exact) mass is 271 g/mol. The zero-order valence-electron chi connectivity index (χ0n) is 10.8. The van der Waals surface area contributed by atoms with Crippen molar-refractivity contribution in [2.24, 2.45) is 5.92 Å². The van der Waals surface area contributed by atoms with Gasteiger partial charge in [0.05, 0.1) is 6.04 Å². The lowest BCUT2D eigenvalue weighted by atomic mass is 10.0. The highest BCUT2D eigenvalue weighted by Crippen LogP contribution is 2.44. The Labute approximate surface area is 110 Å². The molecule has 1 heterocycles. The highest BCUT2D eigenvalue weighted by atomic mass is 19.1. The number of aliphatic carboxylic acids is 1. The summed E-state index contributed by atoms with van der Waals surface area (Å²) in [6.07, 6.45) is 3.23. The molecule has 19 heavy (non-hydrogen) atoms. The third-order valence-electron chi connectivity index (χ3n) is 3.74. The van der Waals surface area contributed by atoms with Crippen molar-refractivity contribution in [3.05, 3.63) is 11.6 Å². The largest absolute Gasteiger partial charge is 0.501 e. The molecule has 2 rings (SSSR count). The first-order chi connectivity index (χ1) is 8.99. The molecule has 6 heteroatoms. The summed E-state index contributed by atoms with van der Waals surface area (Å²) in [6, 6.07) is -1.95. The van der Waals surface area contributed by atoms with Crippen molar-refractivity contribution in [1.82, 2.24) is 4.90 Å². The molecule has 0 aromatic carbocycles. The van der Waals surface area contributed by atoms with Crippen molar-refractivity contribution >= 4 is 11.9 Å². The van der Waals surface area contributed by atoms with E-state index in [-0.39, 0.29) is 12.3 Å². The lowest BCUT2D eigenvalue weighted by Gasteiger charge is -2.30. The summed E-state index contributed by atoms with van der Waals surface area (Å²) in [5.41, 5.74) is 0. The fraction of sp³-hybridized carbons (Fsp3) is 0.692. The van der Waals surface area contributed by atoms with Gasteiger partial charge >= 0.3 is 5.97 Å². The maximum Gasteiger partial charge on any atom is 0.326 e. The number of aliphatic hydroxyl groups excluding tert-OH is 1. The standard InChI is InChI=1S/C13H18FNO4/c1-2-3-4-8(13(18)19)15-10(7-5-6-7)9(14)11(16)12(15)17/h7-8,10,16H,2-6H2,1H3,(H,18,19). The Hall–Kier alpha value is -1.59. The molecule has 1 saturated carbocycles. The van der Waals surface area contributed by atoms with Gasteiger partial charge in [-0.15, -0.1) is 0 Å². The lowest BCUT2D eigenvalue weighted by molar-refractivity contribution is -0.150. The Kier molecular flexibility index (Phi) is 3.78. The fourth-order valence-electron chi connectivity index (χ4n) is 2.57. The predicted molar refractivity (Wildman–Crippen MR) is 65.1 cm³/mol. The molecule has 2 atom stereocenters. The molecule has 0 aromatic rings. The summed E-state index contributed by atoms with van der Waals surface area (Å²) in [5, 5.41) is 18.7. The molecule has 0 spiro atoms. The summed E-state index contributed by atoms with van der Waals surface area (Å²) in [6.45, 7) is 1.92. The second-order valence-corrected chi connectivity index (χ2v) is 5.19. The third kappa shape index (κ3) is 2.43. The van der Waals surface area contributed by atoms with Gasteiger partial charge in [0.1, 0.15) is 6.04 Å². The van der Waals surface area contributed by atoms with Crippen molar-refractivity contribution in [2.45, 2.75) is 51.1 Å². The topological polar surface area (TPSA) is 77.8 Å². The highest BCUT2D eigenvalue weighted by molar-refractivity contribution is 5.97. The van der Waals surface area contributed by atoms with E-state index in [0.717, 1.165) is 24.2 Å². The van der Waals surface area contributed by atoms with Crippen LogP contribution in [-0.4, -0.2) is 39.1 Å². The Morgan fingerprint density at radius 2 is 2.16 bits per heavy atom. The molecule has 1 amide bonds. The van der Waals surface area contributed by atoms with Crippen LogP contribution in [0, 0.1) is 5.92 Å². The Morgan fingerprint density at radius 3 is 2.63 bits per heavy atom. The molecule has 1 fully saturated rings. The fourth-order valence-corrected chi connectivity index (χ4v) is 2.57. The van der Waals surface area contributed by atoms with Crippen LogP contribution in [-0.2, 0) is 9.59 Å². The van der Waals surface area contributed by atoms with Gasteiger partial charge in [0.25, 0.3) is 5.91 Å². The summed E-state index contributed by atoms with van der Waals surface area (Å²) in [5.74, 6) is -3.88. The van der Waals surface area contributed by atoms with Crippen LogP contribution in [0.15, 0.2) is 11.6 Å². The van der Waals surface area contributed by atoms with E-state index in [2.05, 4.69) is 0 Å². The van der Waals surface area contributed by atoms with Crippen molar-refractivity contribution < 1.29 is 24.2 Å². The molecule has 0 saturated heterocycles. The summed E-state index contributed by atoms with van der Waals surface area (Å²) in [7, 11) is 0. The van der Waals surface area contributed by atoms with Crippen LogP contribution in [0.25, 0.3) is 0 Å². The van der Waals surface area contributed by atoms with E-state index in [9.17, 15) is 24.2 Å². The molecular weight excluding hydrogens is 253 g/mol. The van der Waals surface area contributed by atoms with Gasteiger partial charge in [0.15, 0.2) is 5.83 Å². The first kappa shape index (κ1) is 13.8. The van der Waals surface area contributed by atoms with Gasteiger partial charge in [0, 0.05) is 0 Å². The molecule has 1 aliphatic heterocycles. The van der Waals surface area contributed by atoms with Gasteiger partial charge in [-0.25, -0.2) is 9.18 Å². The molecule has 5 nitrogen and oxygen atoms in total. The molecule has 0 aromatic heterocycles. The van der Waals surface area contributed by atoms with Crippen LogP contribution in [0.1, 0.15) is 39.0 Å². The minimum atomic E-state index is -1.14. The maximum absolute atomic E-state index is 13.9. The van der Waals surface area contributed by atoms with Gasteiger partial charge < -0.3 is 15.1 Å². The highest BCUT2D eigenvalue weighted by Gasteiger charge is 2.51. The Bertz CT molecular complexity index is 430. The zero-order valence-corrected chi connectivity index (χ0v) is 10.8. The molecule has 0 bridgehead atoms. The van der Waals surface area contributed by atoms with Crippen LogP contribution in [0.5, 0.6) is 0 Å². The zero-order chi connectivity index (χ0) is 14.2. The second-order valence-electron chi connectivity index (χ2n) is 5.19. The number of carboxylic acid groups (broad SMARTS) is 1. The van der Waals surface area contributed by atoms with Crippen LogP contribution < -0.4 is 0 Å². The number of carbonyl (C=O) groups excluding carboxylic acids is 1. The number of amides is 1.